The normalized spacial score (nSPS) is 10.1. The first kappa shape index (κ1) is 10.8. The Morgan fingerprint density at radius 1 is 1.50 bits per heavy atom. The van der Waals surface area contributed by atoms with Crippen LogP contribution in [0.1, 0.15) is 38.4 Å². The molecule has 1 heterocycles. The van der Waals surface area contributed by atoms with Crippen LogP contribution in [0.5, 0.6) is 0 Å². The van der Waals surface area contributed by atoms with Gasteiger partial charge in [-0.05, 0) is 18.6 Å². The van der Waals surface area contributed by atoms with E-state index in [-0.39, 0.29) is 12.6 Å². The maximum atomic E-state index is 11.1. The molecule has 1 rings (SSSR count). The second-order valence-electron chi connectivity index (χ2n) is 3.20. The molecule has 0 saturated carbocycles. The number of carbonyl (C=O) groups excluding carboxylic acids is 1. The fourth-order valence-electron chi connectivity index (χ4n) is 1.14. The zero-order valence-electron chi connectivity index (χ0n) is 8.49. The number of esters is 1. The first-order chi connectivity index (χ1) is 6.83. The summed E-state index contributed by atoms with van der Waals surface area (Å²) in [7, 11) is 0. The molecule has 0 saturated heterocycles. The summed E-state index contributed by atoms with van der Waals surface area (Å²) in [5.74, 6) is 0.545. The molecule has 78 valence electrons. The second kappa shape index (κ2) is 6.24. The van der Waals surface area contributed by atoms with Crippen LogP contribution in [-0.2, 0) is 16.1 Å². The summed E-state index contributed by atoms with van der Waals surface area (Å²) in [4.78, 5) is 11.1. The fourth-order valence-corrected chi connectivity index (χ4v) is 1.14. The largest absolute Gasteiger partial charge is 0.466 e. The molecule has 0 aliphatic heterocycles. The standard InChI is InChI=1S/C11H16O3/c1-2-3-4-7-11(12)14-9-10-6-5-8-13-10/h5-6,8H,2-4,7,9H2,1H3. The lowest BCUT2D eigenvalue weighted by Gasteiger charge is -2.01. The maximum Gasteiger partial charge on any atom is 0.306 e. The summed E-state index contributed by atoms with van der Waals surface area (Å²) in [6.45, 7) is 2.35. The van der Waals surface area contributed by atoms with Gasteiger partial charge in [-0.1, -0.05) is 19.8 Å². The van der Waals surface area contributed by atoms with Crippen molar-refractivity contribution in [2.45, 2.75) is 39.2 Å². The summed E-state index contributed by atoms with van der Waals surface area (Å²) in [5, 5.41) is 0. The third-order valence-electron chi connectivity index (χ3n) is 1.94. The zero-order chi connectivity index (χ0) is 10.2. The Morgan fingerprint density at radius 3 is 3.00 bits per heavy atom. The van der Waals surface area contributed by atoms with Gasteiger partial charge in [0.15, 0.2) is 0 Å². The van der Waals surface area contributed by atoms with Gasteiger partial charge in [-0.25, -0.2) is 0 Å². The van der Waals surface area contributed by atoms with E-state index in [1.807, 2.05) is 0 Å². The molecular weight excluding hydrogens is 180 g/mol. The highest BCUT2D eigenvalue weighted by atomic mass is 16.5. The number of rotatable bonds is 6. The predicted molar refractivity (Wildman–Crippen MR) is 52.6 cm³/mol. The highest BCUT2D eigenvalue weighted by Crippen LogP contribution is 2.05. The number of ether oxygens (including phenoxy) is 1. The van der Waals surface area contributed by atoms with Crippen molar-refractivity contribution < 1.29 is 13.9 Å². The monoisotopic (exact) mass is 196 g/mol. The van der Waals surface area contributed by atoms with E-state index < -0.39 is 0 Å². The van der Waals surface area contributed by atoms with E-state index in [0.29, 0.717) is 12.2 Å². The van der Waals surface area contributed by atoms with Gasteiger partial charge in [0.2, 0.25) is 0 Å². The summed E-state index contributed by atoms with van der Waals surface area (Å²) in [6.07, 6.45) is 5.18. The number of furan rings is 1. The van der Waals surface area contributed by atoms with Gasteiger partial charge in [0.1, 0.15) is 12.4 Å². The molecule has 0 unspecified atom stereocenters. The molecule has 0 radical (unpaired) electrons. The Bertz CT molecular complexity index is 252. The van der Waals surface area contributed by atoms with Crippen LogP contribution in [0.15, 0.2) is 22.8 Å². The van der Waals surface area contributed by atoms with Crippen LogP contribution < -0.4 is 0 Å². The van der Waals surface area contributed by atoms with Crippen LogP contribution in [0, 0.1) is 0 Å². The molecule has 0 bridgehead atoms. The predicted octanol–water partition coefficient (Wildman–Crippen LogP) is 2.90. The first-order valence-corrected chi connectivity index (χ1v) is 5.01. The summed E-state index contributed by atoms with van der Waals surface area (Å²) < 4.78 is 10.0. The Kier molecular flexibility index (Phi) is 4.83. The molecule has 3 nitrogen and oxygen atoms in total. The molecule has 3 heteroatoms. The summed E-state index contributed by atoms with van der Waals surface area (Å²) in [6, 6.07) is 3.57. The topological polar surface area (TPSA) is 39.4 Å². The number of unbranched alkanes of at least 4 members (excludes halogenated alkanes) is 2. The van der Waals surface area contributed by atoms with Crippen molar-refractivity contribution >= 4 is 5.97 Å². The first-order valence-electron chi connectivity index (χ1n) is 5.01. The molecule has 1 aromatic rings. The molecule has 0 N–H and O–H groups in total. The van der Waals surface area contributed by atoms with Gasteiger partial charge in [-0.15, -0.1) is 0 Å². The summed E-state index contributed by atoms with van der Waals surface area (Å²) >= 11 is 0. The van der Waals surface area contributed by atoms with Gasteiger partial charge >= 0.3 is 5.97 Å². The van der Waals surface area contributed by atoms with Crippen LogP contribution in [0.25, 0.3) is 0 Å². The highest BCUT2D eigenvalue weighted by Gasteiger charge is 2.03. The molecule has 0 aliphatic rings. The second-order valence-corrected chi connectivity index (χ2v) is 3.20. The molecule has 0 fully saturated rings. The Hall–Kier alpha value is -1.25. The van der Waals surface area contributed by atoms with E-state index in [2.05, 4.69) is 6.92 Å². The van der Waals surface area contributed by atoms with Gasteiger partial charge in [0.25, 0.3) is 0 Å². The number of hydrogen-bond acceptors (Lipinski definition) is 3. The molecule has 0 spiro atoms. The van der Waals surface area contributed by atoms with Crippen molar-refractivity contribution in [1.29, 1.82) is 0 Å². The van der Waals surface area contributed by atoms with Gasteiger partial charge in [-0.3, -0.25) is 4.79 Å². The van der Waals surface area contributed by atoms with Crippen LogP contribution in [0.4, 0.5) is 0 Å². The van der Waals surface area contributed by atoms with E-state index in [1.165, 1.54) is 0 Å². The third kappa shape index (κ3) is 4.12. The highest BCUT2D eigenvalue weighted by molar-refractivity contribution is 5.69. The van der Waals surface area contributed by atoms with Crippen molar-refractivity contribution in [2.75, 3.05) is 0 Å². The van der Waals surface area contributed by atoms with Crippen LogP contribution in [-0.4, -0.2) is 5.97 Å². The molecule has 0 atom stereocenters. The van der Waals surface area contributed by atoms with E-state index in [4.69, 9.17) is 9.15 Å². The quantitative estimate of drug-likeness (QED) is 0.518. The van der Waals surface area contributed by atoms with Crippen molar-refractivity contribution in [3.8, 4) is 0 Å². The number of hydrogen-bond donors (Lipinski definition) is 0. The molecule has 0 amide bonds. The minimum absolute atomic E-state index is 0.144. The Labute approximate surface area is 84.1 Å². The van der Waals surface area contributed by atoms with E-state index >= 15 is 0 Å². The average molecular weight is 196 g/mol. The third-order valence-corrected chi connectivity index (χ3v) is 1.94. The Morgan fingerprint density at radius 2 is 2.36 bits per heavy atom. The van der Waals surface area contributed by atoms with Crippen LogP contribution >= 0.6 is 0 Å². The van der Waals surface area contributed by atoms with Gasteiger partial charge < -0.3 is 9.15 Å². The van der Waals surface area contributed by atoms with Gasteiger partial charge in [0.05, 0.1) is 6.26 Å². The minimum Gasteiger partial charge on any atom is -0.466 e. The SMILES string of the molecule is CCCCCC(=O)OCc1ccco1. The van der Waals surface area contributed by atoms with E-state index in [0.717, 1.165) is 19.3 Å². The van der Waals surface area contributed by atoms with E-state index in [1.54, 1.807) is 18.4 Å². The molecule has 14 heavy (non-hydrogen) atoms. The Balaban J connectivity index is 2.09. The molecule has 0 aromatic carbocycles. The zero-order valence-corrected chi connectivity index (χ0v) is 8.49. The summed E-state index contributed by atoms with van der Waals surface area (Å²) in [5.41, 5.74) is 0. The smallest absolute Gasteiger partial charge is 0.306 e. The van der Waals surface area contributed by atoms with Gasteiger partial charge in [-0.2, -0.15) is 0 Å². The molecule has 1 aromatic heterocycles. The van der Waals surface area contributed by atoms with E-state index in [9.17, 15) is 4.79 Å². The lowest BCUT2D eigenvalue weighted by atomic mass is 10.2. The fraction of sp³-hybridized carbons (Fsp3) is 0.545. The van der Waals surface area contributed by atoms with Gasteiger partial charge in [0, 0.05) is 6.42 Å². The van der Waals surface area contributed by atoms with Crippen LogP contribution in [0.2, 0.25) is 0 Å². The average Bonchev–Trinajstić information content (AvgIpc) is 2.68. The van der Waals surface area contributed by atoms with Crippen LogP contribution in [0.3, 0.4) is 0 Å². The lowest BCUT2D eigenvalue weighted by Crippen LogP contribution is -2.03. The molecular formula is C11H16O3. The molecule has 0 aliphatic carbocycles. The van der Waals surface area contributed by atoms with Crippen molar-refractivity contribution in [3.63, 3.8) is 0 Å². The lowest BCUT2D eigenvalue weighted by molar-refractivity contribution is -0.145. The van der Waals surface area contributed by atoms with Crippen molar-refractivity contribution in [3.05, 3.63) is 24.2 Å². The minimum atomic E-state index is -0.144. The van der Waals surface area contributed by atoms with Crippen molar-refractivity contribution in [2.24, 2.45) is 0 Å². The number of carbonyl (C=O) groups is 1. The van der Waals surface area contributed by atoms with Crippen molar-refractivity contribution in [1.82, 2.24) is 0 Å². The maximum absolute atomic E-state index is 11.1.